The molecule has 5 nitrogen and oxygen atoms in total. The fourth-order valence-electron chi connectivity index (χ4n) is 1.68. The normalized spacial score (nSPS) is 19.6. The Kier molecular flexibility index (Phi) is 4.58. The first kappa shape index (κ1) is 12.0. The van der Waals surface area contributed by atoms with Crippen molar-refractivity contribution in [3.8, 4) is 0 Å². The molecule has 15 heavy (non-hydrogen) atoms. The van der Waals surface area contributed by atoms with Gasteiger partial charge in [-0.25, -0.2) is 0 Å². The van der Waals surface area contributed by atoms with Crippen molar-refractivity contribution < 1.29 is 4.79 Å². The van der Waals surface area contributed by atoms with Gasteiger partial charge in [0.25, 0.3) is 0 Å². The molecule has 6 heteroatoms. The Morgan fingerprint density at radius 2 is 2.53 bits per heavy atom. The second-order valence-corrected chi connectivity index (χ2v) is 3.58. The summed E-state index contributed by atoms with van der Waals surface area (Å²) >= 11 is 0. The van der Waals surface area contributed by atoms with Crippen LogP contribution in [-0.2, 0) is 4.79 Å². The number of carbonyl (C=O) groups is 1. The lowest BCUT2D eigenvalue weighted by Crippen LogP contribution is -2.18. The van der Waals surface area contributed by atoms with E-state index in [1.165, 1.54) is 0 Å². The van der Waals surface area contributed by atoms with E-state index in [0.29, 0.717) is 18.2 Å². The van der Waals surface area contributed by atoms with Crippen LogP contribution in [0.3, 0.4) is 0 Å². The number of anilines is 1. The molecule has 1 aromatic rings. The van der Waals surface area contributed by atoms with Crippen molar-refractivity contribution in [2.45, 2.75) is 12.8 Å². The molecule has 2 rings (SSSR count). The summed E-state index contributed by atoms with van der Waals surface area (Å²) in [5.74, 6) is 1.21. The van der Waals surface area contributed by atoms with Crippen molar-refractivity contribution in [2.24, 2.45) is 5.92 Å². The molecule has 0 unspecified atom stereocenters. The van der Waals surface area contributed by atoms with Crippen molar-refractivity contribution >= 4 is 24.1 Å². The standard InChI is InChI=1S/C9H14N4O.ClH/c14-9(5-7-1-3-10-6-7)12-8-2-4-11-13-8;/h2,4,7,10H,1,3,5-6H2,(H2,11,12,13,14);1H/t7-;/m0./s1. The SMILES string of the molecule is Cl.O=C(C[C@@H]1CCNC1)Nc1ccn[nH]1. The summed E-state index contributed by atoms with van der Waals surface area (Å²) in [6.07, 6.45) is 3.30. The van der Waals surface area contributed by atoms with E-state index < -0.39 is 0 Å². The number of H-pyrrole nitrogens is 1. The first-order valence-electron chi connectivity index (χ1n) is 4.84. The molecule has 0 aliphatic carbocycles. The minimum atomic E-state index is 0. The molecule has 1 amide bonds. The number of rotatable bonds is 3. The lowest BCUT2D eigenvalue weighted by atomic mass is 10.0. The quantitative estimate of drug-likeness (QED) is 0.719. The highest BCUT2D eigenvalue weighted by Crippen LogP contribution is 2.13. The number of aromatic amines is 1. The molecule has 3 N–H and O–H groups in total. The number of nitrogens with zero attached hydrogens (tertiary/aromatic N) is 1. The zero-order valence-corrected chi connectivity index (χ0v) is 9.14. The highest BCUT2D eigenvalue weighted by Gasteiger charge is 2.17. The molecular weight excluding hydrogens is 216 g/mol. The first-order valence-corrected chi connectivity index (χ1v) is 4.84. The van der Waals surface area contributed by atoms with E-state index in [-0.39, 0.29) is 18.3 Å². The topological polar surface area (TPSA) is 69.8 Å². The molecule has 0 saturated carbocycles. The van der Waals surface area contributed by atoms with Gasteiger partial charge in [0, 0.05) is 12.5 Å². The molecular formula is C9H15ClN4O. The number of hydrogen-bond donors (Lipinski definition) is 3. The van der Waals surface area contributed by atoms with E-state index in [4.69, 9.17) is 0 Å². The van der Waals surface area contributed by atoms with Gasteiger partial charge < -0.3 is 10.6 Å². The lowest BCUT2D eigenvalue weighted by Gasteiger charge is -2.07. The molecule has 0 spiro atoms. The number of aromatic nitrogens is 2. The van der Waals surface area contributed by atoms with Crippen LogP contribution in [0.4, 0.5) is 5.82 Å². The molecule has 1 aliphatic rings. The molecule has 1 atom stereocenters. The first-order chi connectivity index (χ1) is 6.84. The Balaban J connectivity index is 0.00000112. The van der Waals surface area contributed by atoms with Gasteiger partial charge in [-0.3, -0.25) is 9.89 Å². The number of nitrogens with one attached hydrogen (secondary N) is 3. The predicted octanol–water partition coefficient (Wildman–Crippen LogP) is 0.770. The second kappa shape index (κ2) is 5.72. The summed E-state index contributed by atoms with van der Waals surface area (Å²) in [6.45, 7) is 1.98. The maximum atomic E-state index is 11.5. The summed E-state index contributed by atoms with van der Waals surface area (Å²) in [6, 6.07) is 1.74. The predicted molar refractivity (Wildman–Crippen MR) is 60.1 cm³/mol. The zero-order chi connectivity index (χ0) is 9.80. The average molecular weight is 231 g/mol. The van der Waals surface area contributed by atoms with Crippen LogP contribution < -0.4 is 10.6 Å². The minimum Gasteiger partial charge on any atom is -0.316 e. The fourth-order valence-corrected chi connectivity index (χ4v) is 1.68. The molecule has 2 heterocycles. The largest absolute Gasteiger partial charge is 0.316 e. The van der Waals surface area contributed by atoms with Crippen LogP contribution in [0.25, 0.3) is 0 Å². The van der Waals surface area contributed by atoms with E-state index in [2.05, 4.69) is 20.8 Å². The van der Waals surface area contributed by atoms with Gasteiger partial charge in [0.15, 0.2) is 0 Å². The third-order valence-electron chi connectivity index (χ3n) is 2.41. The smallest absolute Gasteiger partial charge is 0.225 e. The van der Waals surface area contributed by atoms with Crippen molar-refractivity contribution in [2.75, 3.05) is 18.4 Å². The third-order valence-corrected chi connectivity index (χ3v) is 2.41. The molecule has 1 aliphatic heterocycles. The van der Waals surface area contributed by atoms with E-state index in [1.54, 1.807) is 12.3 Å². The van der Waals surface area contributed by atoms with Gasteiger partial charge in [0.2, 0.25) is 5.91 Å². The van der Waals surface area contributed by atoms with Gasteiger partial charge in [0.05, 0.1) is 6.20 Å². The Hall–Kier alpha value is -1.07. The van der Waals surface area contributed by atoms with E-state index in [1.807, 2.05) is 0 Å². The van der Waals surface area contributed by atoms with E-state index >= 15 is 0 Å². The number of amides is 1. The molecule has 1 saturated heterocycles. The molecule has 0 bridgehead atoms. The molecule has 84 valence electrons. The van der Waals surface area contributed by atoms with E-state index in [0.717, 1.165) is 19.5 Å². The van der Waals surface area contributed by atoms with Gasteiger partial charge in [-0.05, 0) is 25.4 Å². The third kappa shape index (κ3) is 3.53. The van der Waals surface area contributed by atoms with Crippen LogP contribution in [-0.4, -0.2) is 29.2 Å². The maximum Gasteiger partial charge on any atom is 0.225 e. The Bertz CT molecular complexity index is 295. The number of hydrogen-bond acceptors (Lipinski definition) is 3. The van der Waals surface area contributed by atoms with Crippen LogP contribution in [0.2, 0.25) is 0 Å². The summed E-state index contributed by atoms with van der Waals surface area (Å²) in [7, 11) is 0. The van der Waals surface area contributed by atoms with Gasteiger partial charge in [-0.2, -0.15) is 5.10 Å². The summed E-state index contributed by atoms with van der Waals surface area (Å²) in [5.41, 5.74) is 0. The molecule has 1 fully saturated rings. The molecule has 0 aromatic carbocycles. The summed E-state index contributed by atoms with van der Waals surface area (Å²) in [5, 5.41) is 12.5. The molecule has 1 aromatic heterocycles. The zero-order valence-electron chi connectivity index (χ0n) is 8.32. The van der Waals surface area contributed by atoms with E-state index in [9.17, 15) is 4.79 Å². The van der Waals surface area contributed by atoms with Crippen molar-refractivity contribution in [1.29, 1.82) is 0 Å². The Morgan fingerprint density at radius 1 is 1.67 bits per heavy atom. The summed E-state index contributed by atoms with van der Waals surface area (Å²) in [4.78, 5) is 11.5. The monoisotopic (exact) mass is 230 g/mol. The van der Waals surface area contributed by atoms with Gasteiger partial charge >= 0.3 is 0 Å². The van der Waals surface area contributed by atoms with Crippen LogP contribution in [0.15, 0.2) is 12.3 Å². The van der Waals surface area contributed by atoms with Crippen LogP contribution in [0, 0.1) is 5.92 Å². The summed E-state index contributed by atoms with van der Waals surface area (Å²) < 4.78 is 0. The van der Waals surface area contributed by atoms with Crippen molar-refractivity contribution in [3.63, 3.8) is 0 Å². The highest BCUT2D eigenvalue weighted by molar-refractivity contribution is 5.89. The van der Waals surface area contributed by atoms with Crippen LogP contribution in [0.5, 0.6) is 0 Å². The van der Waals surface area contributed by atoms with Gasteiger partial charge in [-0.1, -0.05) is 0 Å². The Labute approximate surface area is 94.4 Å². The number of halogens is 1. The Morgan fingerprint density at radius 3 is 3.13 bits per heavy atom. The second-order valence-electron chi connectivity index (χ2n) is 3.58. The number of carbonyl (C=O) groups excluding carboxylic acids is 1. The average Bonchev–Trinajstić information content (AvgIpc) is 2.76. The van der Waals surface area contributed by atoms with Crippen LogP contribution in [0.1, 0.15) is 12.8 Å². The highest BCUT2D eigenvalue weighted by atomic mass is 35.5. The lowest BCUT2D eigenvalue weighted by molar-refractivity contribution is -0.117. The fraction of sp³-hybridized carbons (Fsp3) is 0.556. The maximum absolute atomic E-state index is 11.5. The van der Waals surface area contributed by atoms with Gasteiger partial charge in [0.1, 0.15) is 5.82 Å². The van der Waals surface area contributed by atoms with Crippen molar-refractivity contribution in [1.82, 2.24) is 15.5 Å². The van der Waals surface area contributed by atoms with Crippen LogP contribution >= 0.6 is 12.4 Å². The molecule has 0 radical (unpaired) electrons. The van der Waals surface area contributed by atoms with Crippen molar-refractivity contribution in [3.05, 3.63) is 12.3 Å². The van der Waals surface area contributed by atoms with Gasteiger partial charge in [-0.15, -0.1) is 12.4 Å². The minimum absolute atomic E-state index is 0.